The van der Waals surface area contributed by atoms with Crippen LogP contribution in [0.2, 0.25) is 0 Å². The van der Waals surface area contributed by atoms with Crippen LogP contribution in [0.4, 0.5) is 4.39 Å². The number of rotatable bonds is 5. The summed E-state index contributed by atoms with van der Waals surface area (Å²) in [5, 5.41) is 3.71. The Morgan fingerprint density at radius 3 is 2.70 bits per heavy atom. The summed E-state index contributed by atoms with van der Waals surface area (Å²) >= 11 is 0. The van der Waals surface area contributed by atoms with E-state index in [-0.39, 0.29) is 29.7 Å². The molecule has 4 rings (SSSR count). The zero-order valence-corrected chi connectivity index (χ0v) is 17.5. The van der Waals surface area contributed by atoms with Crippen molar-refractivity contribution in [2.24, 2.45) is 13.0 Å². The third kappa shape index (κ3) is 4.11. The molecule has 0 aliphatic carbocycles. The number of hydrogen-bond acceptors (Lipinski definition) is 3. The number of amides is 1. The molecule has 0 unspecified atom stereocenters. The third-order valence-corrected chi connectivity index (χ3v) is 7.49. The maximum Gasteiger partial charge on any atom is 0.243 e. The molecule has 2 heterocycles. The summed E-state index contributed by atoms with van der Waals surface area (Å²) in [6.07, 6.45) is 3.16. The Morgan fingerprint density at radius 2 is 1.93 bits per heavy atom. The van der Waals surface area contributed by atoms with E-state index in [1.165, 1.54) is 16.4 Å². The summed E-state index contributed by atoms with van der Waals surface area (Å²) in [5.41, 5.74) is 1.76. The molecule has 0 radical (unpaired) electrons. The van der Waals surface area contributed by atoms with E-state index >= 15 is 0 Å². The highest BCUT2D eigenvalue weighted by Crippen LogP contribution is 2.26. The van der Waals surface area contributed by atoms with Crippen LogP contribution in [0, 0.1) is 11.7 Å². The van der Waals surface area contributed by atoms with Gasteiger partial charge >= 0.3 is 0 Å². The van der Waals surface area contributed by atoms with Crippen LogP contribution in [0.5, 0.6) is 0 Å². The minimum Gasteiger partial charge on any atom is -0.352 e. The van der Waals surface area contributed by atoms with Gasteiger partial charge in [0.2, 0.25) is 15.9 Å². The molecule has 1 aromatic heterocycles. The van der Waals surface area contributed by atoms with Gasteiger partial charge in [0.15, 0.2) is 0 Å². The lowest BCUT2D eigenvalue weighted by Crippen LogP contribution is -2.45. The zero-order chi connectivity index (χ0) is 21.3. The number of aryl methyl sites for hydroxylation is 1. The predicted molar refractivity (Wildman–Crippen MR) is 113 cm³/mol. The van der Waals surface area contributed by atoms with Gasteiger partial charge in [-0.25, -0.2) is 12.8 Å². The van der Waals surface area contributed by atoms with Gasteiger partial charge in [0.05, 0.1) is 10.8 Å². The molecule has 0 bridgehead atoms. The second-order valence-corrected chi connectivity index (χ2v) is 9.63. The molecule has 0 saturated carbocycles. The number of halogens is 1. The lowest BCUT2D eigenvalue weighted by atomic mass is 9.99. The highest BCUT2D eigenvalue weighted by atomic mass is 32.2. The Balaban J connectivity index is 1.45. The van der Waals surface area contributed by atoms with Crippen LogP contribution in [-0.2, 0) is 28.4 Å². The molecule has 1 N–H and O–H groups in total. The molecule has 0 spiro atoms. The predicted octanol–water partition coefficient (Wildman–Crippen LogP) is 3.03. The molecule has 8 heteroatoms. The lowest BCUT2D eigenvalue weighted by Gasteiger charge is -2.31. The van der Waals surface area contributed by atoms with Gasteiger partial charge in [0, 0.05) is 43.8 Å². The van der Waals surface area contributed by atoms with Crippen LogP contribution in [0.15, 0.2) is 59.6 Å². The van der Waals surface area contributed by atoms with Gasteiger partial charge in [0.25, 0.3) is 0 Å². The first-order valence-electron chi connectivity index (χ1n) is 9.92. The van der Waals surface area contributed by atoms with Gasteiger partial charge in [-0.1, -0.05) is 12.1 Å². The average molecular weight is 430 g/mol. The highest BCUT2D eigenvalue weighted by Gasteiger charge is 2.33. The molecule has 2 aromatic carbocycles. The van der Waals surface area contributed by atoms with E-state index < -0.39 is 15.9 Å². The third-order valence-electron chi connectivity index (χ3n) is 5.63. The van der Waals surface area contributed by atoms with Gasteiger partial charge in [-0.15, -0.1) is 0 Å². The summed E-state index contributed by atoms with van der Waals surface area (Å²) in [4.78, 5) is 12.9. The van der Waals surface area contributed by atoms with Crippen molar-refractivity contribution in [3.8, 4) is 0 Å². The van der Waals surface area contributed by atoms with Crippen molar-refractivity contribution < 1.29 is 17.6 Å². The minimum atomic E-state index is -3.68. The van der Waals surface area contributed by atoms with Crippen molar-refractivity contribution in [3.63, 3.8) is 0 Å². The van der Waals surface area contributed by atoms with Gasteiger partial charge in [0.1, 0.15) is 5.82 Å². The standard InChI is InChI=1S/C22H24FN3O3S/c1-25-12-10-17-13-20(8-9-21(17)25)30(28,29)26-11-2-3-18(15-26)22(27)24-14-16-4-6-19(23)7-5-16/h4-10,12-13,18H,2-3,11,14-15H2,1H3,(H,24,27)/t18-/m0/s1. The van der Waals surface area contributed by atoms with E-state index in [4.69, 9.17) is 0 Å². The number of benzene rings is 2. The lowest BCUT2D eigenvalue weighted by molar-refractivity contribution is -0.126. The second kappa shape index (κ2) is 8.20. The number of sulfonamides is 1. The van der Waals surface area contributed by atoms with Crippen molar-refractivity contribution in [3.05, 3.63) is 66.1 Å². The van der Waals surface area contributed by atoms with Crippen LogP contribution >= 0.6 is 0 Å². The largest absolute Gasteiger partial charge is 0.352 e. The molecule has 1 atom stereocenters. The Morgan fingerprint density at radius 1 is 1.17 bits per heavy atom. The van der Waals surface area contributed by atoms with E-state index in [1.54, 1.807) is 30.3 Å². The fourth-order valence-corrected chi connectivity index (χ4v) is 5.44. The second-order valence-electron chi connectivity index (χ2n) is 7.69. The number of fused-ring (bicyclic) bond motifs is 1. The smallest absolute Gasteiger partial charge is 0.243 e. The van der Waals surface area contributed by atoms with Crippen LogP contribution in [0.25, 0.3) is 10.9 Å². The monoisotopic (exact) mass is 429 g/mol. The van der Waals surface area contributed by atoms with Crippen LogP contribution in [0.3, 0.4) is 0 Å². The quantitative estimate of drug-likeness (QED) is 0.678. The molecule has 1 aliphatic heterocycles. The first-order valence-corrected chi connectivity index (χ1v) is 11.4. The van der Waals surface area contributed by atoms with Crippen LogP contribution in [-0.4, -0.2) is 36.3 Å². The molecule has 6 nitrogen and oxygen atoms in total. The number of nitrogens with one attached hydrogen (secondary N) is 1. The normalized spacial score (nSPS) is 17.9. The van der Waals surface area contributed by atoms with Crippen molar-refractivity contribution in [1.82, 2.24) is 14.2 Å². The summed E-state index contributed by atoms with van der Waals surface area (Å²) < 4.78 is 42.7. The van der Waals surface area contributed by atoms with E-state index in [0.29, 0.717) is 19.4 Å². The Kier molecular flexibility index (Phi) is 5.62. The van der Waals surface area contributed by atoms with E-state index in [1.807, 2.05) is 23.9 Å². The fourth-order valence-electron chi connectivity index (χ4n) is 3.88. The zero-order valence-electron chi connectivity index (χ0n) is 16.7. The number of carbonyl (C=O) groups is 1. The van der Waals surface area contributed by atoms with E-state index in [9.17, 15) is 17.6 Å². The van der Waals surface area contributed by atoms with Gasteiger partial charge in [-0.3, -0.25) is 4.79 Å². The van der Waals surface area contributed by atoms with Crippen molar-refractivity contribution >= 4 is 26.8 Å². The van der Waals surface area contributed by atoms with Crippen molar-refractivity contribution in [1.29, 1.82) is 0 Å². The molecule has 1 fully saturated rings. The number of carbonyl (C=O) groups excluding carboxylic acids is 1. The molecule has 1 aliphatic rings. The molecule has 3 aromatic rings. The molecule has 158 valence electrons. The Bertz CT molecular complexity index is 1170. The number of hydrogen-bond donors (Lipinski definition) is 1. The maximum atomic E-state index is 13.2. The minimum absolute atomic E-state index is 0.157. The van der Waals surface area contributed by atoms with Gasteiger partial charge in [-0.05, 0) is 54.8 Å². The van der Waals surface area contributed by atoms with Gasteiger partial charge in [-0.2, -0.15) is 4.31 Å². The first-order chi connectivity index (χ1) is 14.3. The molecule has 1 saturated heterocycles. The molecule has 1 amide bonds. The summed E-state index contributed by atoms with van der Waals surface area (Å²) in [5.74, 6) is -0.918. The first kappa shape index (κ1) is 20.6. The SMILES string of the molecule is Cn1ccc2cc(S(=O)(=O)N3CCC[C@H](C(=O)NCc4ccc(F)cc4)C3)ccc21. The van der Waals surface area contributed by atoms with Crippen LogP contribution < -0.4 is 5.32 Å². The molecule has 30 heavy (non-hydrogen) atoms. The number of piperidine rings is 1. The number of aromatic nitrogens is 1. The summed E-state index contributed by atoms with van der Waals surface area (Å²) in [7, 11) is -1.77. The molecular formula is C22H24FN3O3S. The van der Waals surface area contributed by atoms with E-state index in [0.717, 1.165) is 16.5 Å². The van der Waals surface area contributed by atoms with Crippen LogP contribution in [0.1, 0.15) is 18.4 Å². The Hall–Kier alpha value is -2.71. The van der Waals surface area contributed by atoms with Crippen molar-refractivity contribution in [2.45, 2.75) is 24.3 Å². The van der Waals surface area contributed by atoms with Gasteiger partial charge < -0.3 is 9.88 Å². The topological polar surface area (TPSA) is 71.4 Å². The van der Waals surface area contributed by atoms with E-state index in [2.05, 4.69) is 5.32 Å². The molecular weight excluding hydrogens is 405 g/mol. The fraction of sp³-hybridized carbons (Fsp3) is 0.318. The van der Waals surface area contributed by atoms with Crippen molar-refractivity contribution in [2.75, 3.05) is 13.1 Å². The Labute approximate surface area is 175 Å². The summed E-state index contributed by atoms with van der Waals surface area (Å²) in [6, 6.07) is 12.9. The highest BCUT2D eigenvalue weighted by molar-refractivity contribution is 7.89. The maximum absolute atomic E-state index is 13.2. The summed E-state index contributed by atoms with van der Waals surface area (Å²) in [6.45, 7) is 0.842. The number of nitrogens with zero attached hydrogens (tertiary/aromatic N) is 2. The average Bonchev–Trinajstić information content (AvgIpc) is 3.13.